The van der Waals surface area contributed by atoms with Gasteiger partial charge >= 0.3 is 0 Å². The van der Waals surface area contributed by atoms with Crippen LogP contribution in [0, 0.1) is 0 Å². The van der Waals surface area contributed by atoms with Gasteiger partial charge in [0, 0.05) is 29.0 Å². The maximum atomic E-state index is 12.8. The van der Waals surface area contributed by atoms with Gasteiger partial charge in [0.2, 0.25) is 0 Å². The highest BCUT2D eigenvalue weighted by atomic mass is 79.9. The molecular weight excluding hydrogens is 439 g/mol. The average Bonchev–Trinajstić information content (AvgIpc) is 3.03. The Balaban J connectivity index is 2.03. The van der Waals surface area contributed by atoms with E-state index in [4.69, 9.17) is 23.2 Å². The Kier molecular flexibility index (Phi) is 4.83. The third-order valence-corrected chi connectivity index (χ3v) is 5.98. The summed E-state index contributed by atoms with van der Waals surface area (Å²) in [6.45, 7) is 0.393. The van der Waals surface area contributed by atoms with Gasteiger partial charge in [0.05, 0.1) is 18.3 Å². The molecule has 0 radical (unpaired) electrons. The fourth-order valence-corrected chi connectivity index (χ4v) is 4.51. The normalized spacial score (nSPS) is 12.0. The summed E-state index contributed by atoms with van der Waals surface area (Å²) in [5, 5.41) is 4.84. The largest absolute Gasteiger partial charge is 0.349 e. The van der Waals surface area contributed by atoms with Crippen molar-refractivity contribution in [3.63, 3.8) is 0 Å². The standard InChI is InChI=1S/C14H13BrCl2N4O2S/c1-20-8-13(10-3-2-9(15)6-12(10)20)24(22,23)19-11-7-18-21(5-4-16)14(11)17/h2-3,6-8,19H,4-5H2,1H3. The van der Waals surface area contributed by atoms with Crippen molar-refractivity contribution in [2.45, 2.75) is 11.4 Å². The highest BCUT2D eigenvalue weighted by molar-refractivity contribution is 9.10. The Labute approximate surface area is 157 Å². The number of hydrogen-bond acceptors (Lipinski definition) is 3. The lowest BCUT2D eigenvalue weighted by Crippen LogP contribution is -2.13. The van der Waals surface area contributed by atoms with E-state index >= 15 is 0 Å². The van der Waals surface area contributed by atoms with Crippen LogP contribution in [-0.4, -0.2) is 28.6 Å². The van der Waals surface area contributed by atoms with Crippen LogP contribution in [0.4, 0.5) is 5.69 Å². The van der Waals surface area contributed by atoms with E-state index in [1.807, 2.05) is 6.07 Å². The number of hydrogen-bond donors (Lipinski definition) is 1. The lowest BCUT2D eigenvalue weighted by atomic mass is 10.2. The molecule has 0 fully saturated rings. The SMILES string of the molecule is Cn1cc(S(=O)(=O)Nc2cnn(CCCl)c2Cl)c2ccc(Br)cc21. The van der Waals surface area contributed by atoms with Crippen LogP contribution in [-0.2, 0) is 23.6 Å². The van der Waals surface area contributed by atoms with Gasteiger partial charge < -0.3 is 4.57 Å². The minimum atomic E-state index is -3.81. The molecule has 0 amide bonds. The van der Waals surface area contributed by atoms with E-state index in [1.165, 1.54) is 10.9 Å². The van der Waals surface area contributed by atoms with Crippen molar-refractivity contribution in [1.29, 1.82) is 0 Å². The quantitative estimate of drug-likeness (QED) is 0.599. The number of nitrogens with zero attached hydrogens (tertiary/aromatic N) is 3. The number of rotatable bonds is 5. The Hall–Kier alpha value is -1.22. The molecule has 0 aliphatic heterocycles. The number of fused-ring (bicyclic) bond motifs is 1. The van der Waals surface area contributed by atoms with Crippen LogP contribution in [0.1, 0.15) is 0 Å². The van der Waals surface area contributed by atoms with Gasteiger partial charge in [-0.25, -0.2) is 8.42 Å². The molecule has 6 nitrogen and oxygen atoms in total. The summed E-state index contributed by atoms with van der Waals surface area (Å²) in [4.78, 5) is 0.175. The fraction of sp³-hybridized carbons (Fsp3) is 0.214. The molecule has 0 saturated carbocycles. The maximum absolute atomic E-state index is 12.8. The molecular formula is C14H13BrCl2N4O2S. The molecule has 2 heterocycles. The molecule has 0 saturated heterocycles. The van der Waals surface area contributed by atoms with E-state index in [-0.39, 0.29) is 15.7 Å². The first-order valence-electron chi connectivity index (χ1n) is 6.88. The van der Waals surface area contributed by atoms with Crippen molar-refractivity contribution in [2.75, 3.05) is 10.6 Å². The van der Waals surface area contributed by atoms with Crippen LogP contribution >= 0.6 is 39.1 Å². The lowest BCUT2D eigenvalue weighted by Gasteiger charge is -2.06. The van der Waals surface area contributed by atoms with E-state index < -0.39 is 10.0 Å². The topological polar surface area (TPSA) is 68.9 Å². The maximum Gasteiger partial charge on any atom is 0.264 e. The van der Waals surface area contributed by atoms with Crippen molar-refractivity contribution in [2.24, 2.45) is 7.05 Å². The average molecular weight is 452 g/mol. The number of aromatic nitrogens is 3. The number of benzene rings is 1. The third-order valence-electron chi connectivity index (χ3n) is 3.52. The van der Waals surface area contributed by atoms with Crippen LogP contribution in [0.3, 0.4) is 0 Å². The molecule has 2 aromatic heterocycles. The van der Waals surface area contributed by atoms with Crippen molar-refractivity contribution < 1.29 is 8.42 Å². The summed E-state index contributed by atoms with van der Waals surface area (Å²) in [5.74, 6) is 0.325. The monoisotopic (exact) mass is 450 g/mol. The molecule has 0 aliphatic carbocycles. The molecule has 1 aromatic carbocycles. The van der Waals surface area contributed by atoms with Gasteiger partial charge in [0.15, 0.2) is 5.15 Å². The van der Waals surface area contributed by atoms with E-state index in [9.17, 15) is 8.42 Å². The minimum absolute atomic E-state index is 0.175. The van der Waals surface area contributed by atoms with E-state index in [1.54, 1.807) is 29.9 Å². The smallest absolute Gasteiger partial charge is 0.264 e. The number of nitrogens with one attached hydrogen (secondary N) is 1. The first-order valence-corrected chi connectivity index (χ1v) is 10.1. The van der Waals surface area contributed by atoms with Gasteiger partial charge in [-0.2, -0.15) is 5.10 Å². The van der Waals surface area contributed by atoms with Crippen LogP contribution in [0.5, 0.6) is 0 Å². The molecule has 0 bridgehead atoms. The Morgan fingerprint density at radius 2 is 2.12 bits per heavy atom. The molecule has 3 aromatic rings. The van der Waals surface area contributed by atoms with E-state index in [0.717, 1.165) is 9.99 Å². The van der Waals surface area contributed by atoms with Crippen LogP contribution in [0.15, 0.2) is 40.0 Å². The van der Waals surface area contributed by atoms with E-state index in [0.29, 0.717) is 17.8 Å². The summed E-state index contributed by atoms with van der Waals surface area (Å²) < 4.78 is 32.1. The van der Waals surface area contributed by atoms with Gasteiger partial charge in [0.25, 0.3) is 10.0 Å². The molecule has 1 N–H and O–H groups in total. The second kappa shape index (κ2) is 6.59. The fourth-order valence-electron chi connectivity index (χ4n) is 2.41. The molecule has 0 atom stereocenters. The van der Waals surface area contributed by atoms with Gasteiger partial charge in [0.1, 0.15) is 10.6 Å². The number of halogens is 3. The van der Waals surface area contributed by atoms with Gasteiger partial charge in [-0.15, -0.1) is 11.6 Å². The molecule has 3 rings (SSSR count). The highest BCUT2D eigenvalue weighted by Crippen LogP contribution is 2.30. The molecule has 0 unspecified atom stereocenters. The number of sulfonamides is 1. The number of aryl methyl sites for hydroxylation is 2. The zero-order valence-corrected chi connectivity index (χ0v) is 16.4. The molecule has 128 valence electrons. The predicted octanol–water partition coefficient (Wildman–Crippen LogP) is 3.83. The molecule has 0 spiro atoms. The Morgan fingerprint density at radius 3 is 2.83 bits per heavy atom. The number of anilines is 1. The first kappa shape index (κ1) is 17.6. The second-order valence-corrected chi connectivity index (χ2v) is 8.43. The lowest BCUT2D eigenvalue weighted by molar-refractivity contribution is 0.601. The van der Waals surface area contributed by atoms with Gasteiger partial charge in [-0.3, -0.25) is 9.40 Å². The van der Waals surface area contributed by atoms with Crippen LogP contribution in [0.2, 0.25) is 5.15 Å². The minimum Gasteiger partial charge on any atom is -0.349 e. The summed E-state index contributed by atoms with van der Waals surface area (Å²) in [6.07, 6.45) is 2.94. The zero-order chi connectivity index (χ0) is 17.5. The second-order valence-electron chi connectivity index (χ2n) is 5.13. The van der Waals surface area contributed by atoms with Gasteiger partial charge in [-0.1, -0.05) is 33.6 Å². The molecule has 10 heteroatoms. The summed E-state index contributed by atoms with van der Waals surface area (Å²) in [7, 11) is -2.02. The number of alkyl halides is 1. The summed E-state index contributed by atoms with van der Waals surface area (Å²) >= 11 is 15.2. The molecule has 24 heavy (non-hydrogen) atoms. The van der Waals surface area contributed by atoms with Crippen molar-refractivity contribution in [3.05, 3.63) is 40.2 Å². The van der Waals surface area contributed by atoms with E-state index in [2.05, 4.69) is 25.8 Å². The predicted molar refractivity (Wildman–Crippen MR) is 99.4 cm³/mol. The first-order chi connectivity index (χ1) is 11.3. The summed E-state index contributed by atoms with van der Waals surface area (Å²) in [6, 6.07) is 5.42. The zero-order valence-electron chi connectivity index (χ0n) is 12.5. The van der Waals surface area contributed by atoms with Crippen molar-refractivity contribution in [3.8, 4) is 0 Å². The van der Waals surface area contributed by atoms with Crippen molar-refractivity contribution >= 4 is 65.7 Å². The highest BCUT2D eigenvalue weighted by Gasteiger charge is 2.23. The van der Waals surface area contributed by atoms with Crippen LogP contribution < -0.4 is 4.72 Å². The van der Waals surface area contributed by atoms with Crippen LogP contribution in [0.25, 0.3) is 10.9 Å². The Bertz CT molecular complexity index is 1010. The molecule has 0 aliphatic rings. The third kappa shape index (κ3) is 3.15. The van der Waals surface area contributed by atoms with Gasteiger partial charge in [-0.05, 0) is 12.1 Å². The summed E-state index contributed by atoms with van der Waals surface area (Å²) in [5.41, 5.74) is 1.02. The Morgan fingerprint density at radius 1 is 1.38 bits per heavy atom. The van der Waals surface area contributed by atoms with Crippen molar-refractivity contribution in [1.82, 2.24) is 14.3 Å².